The van der Waals surface area contributed by atoms with Crippen LogP contribution in [-0.4, -0.2) is 66.6 Å². The van der Waals surface area contributed by atoms with Crippen molar-refractivity contribution >= 4 is 16.0 Å². The lowest BCUT2D eigenvalue weighted by Gasteiger charge is -2.35. The van der Waals surface area contributed by atoms with Crippen LogP contribution in [0.15, 0.2) is 0 Å². The number of hydrogen-bond donors (Lipinski definition) is 2. The van der Waals surface area contributed by atoms with Crippen molar-refractivity contribution < 1.29 is 28.2 Å². The molecule has 0 bridgehead atoms. The Balaban J connectivity index is 2.79. The molecule has 0 saturated carbocycles. The highest BCUT2D eigenvalue weighted by Crippen LogP contribution is 2.16. The first-order valence-corrected chi connectivity index (χ1v) is 6.41. The van der Waals surface area contributed by atoms with E-state index in [4.69, 9.17) is 14.9 Å². The van der Waals surface area contributed by atoms with Crippen molar-refractivity contribution in [2.24, 2.45) is 0 Å². The van der Waals surface area contributed by atoms with E-state index < -0.39 is 33.9 Å². The van der Waals surface area contributed by atoms with Crippen LogP contribution in [0.2, 0.25) is 0 Å². The maximum atomic E-state index is 11.7. The summed E-state index contributed by atoms with van der Waals surface area (Å²) in [5.74, 6) is -2.32. The zero-order valence-corrected chi connectivity index (χ0v) is 9.68. The van der Waals surface area contributed by atoms with Gasteiger partial charge in [0.15, 0.2) is 5.75 Å². The van der Waals surface area contributed by atoms with Gasteiger partial charge in [0.25, 0.3) is 0 Å². The number of aliphatic hydroxyl groups excluding tert-OH is 1. The SMILES string of the molecule is CC1COC(CO)CN1S(=O)(=O)CC(=O)O. The van der Waals surface area contributed by atoms with Gasteiger partial charge in [-0.1, -0.05) is 0 Å². The van der Waals surface area contributed by atoms with Crippen LogP contribution in [0, 0.1) is 0 Å². The van der Waals surface area contributed by atoms with E-state index in [1.807, 2.05) is 0 Å². The molecule has 1 rings (SSSR count). The number of morpholine rings is 1. The molecule has 2 unspecified atom stereocenters. The molecular weight excluding hydrogens is 238 g/mol. The van der Waals surface area contributed by atoms with E-state index in [1.54, 1.807) is 6.92 Å². The summed E-state index contributed by atoms with van der Waals surface area (Å²) >= 11 is 0. The minimum absolute atomic E-state index is 0.00667. The summed E-state index contributed by atoms with van der Waals surface area (Å²) in [4.78, 5) is 10.4. The van der Waals surface area contributed by atoms with Gasteiger partial charge in [0.2, 0.25) is 10.0 Å². The largest absolute Gasteiger partial charge is 0.480 e. The van der Waals surface area contributed by atoms with Crippen LogP contribution < -0.4 is 0 Å². The molecule has 94 valence electrons. The first-order chi connectivity index (χ1) is 7.36. The van der Waals surface area contributed by atoms with Crippen LogP contribution in [-0.2, 0) is 19.6 Å². The van der Waals surface area contributed by atoms with Crippen LogP contribution >= 0.6 is 0 Å². The highest BCUT2D eigenvalue weighted by atomic mass is 32.2. The van der Waals surface area contributed by atoms with E-state index in [9.17, 15) is 13.2 Å². The monoisotopic (exact) mass is 253 g/mol. The molecule has 1 aliphatic rings. The molecule has 16 heavy (non-hydrogen) atoms. The van der Waals surface area contributed by atoms with Gasteiger partial charge in [-0.25, -0.2) is 8.42 Å². The minimum atomic E-state index is -3.83. The molecule has 0 radical (unpaired) electrons. The van der Waals surface area contributed by atoms with Crippen molar-refractivity contribution in [3.05, 3.63) is 0 Å². The number of carbonyl (C=O) groups is 1. The number of sulfonamides is 1. The fourth-order valence-corrected chi connectivity index (χ4v) is 3.01. The van der Waals surface area contributed by atoms with Gasteiger partial charge in [-0.05, 0) is 6.92 Å². The van der Waals surface area contributed by atoms with Crippen LogP contribution in [0.4, 0.5) is 0 Å². The summed E-state index contributed by atoms with van der Waals surface area (Å²) in [6.45, 7) is 1.50. The van der Waals surface area contributed by atoms with Crippen LogP contribution in [0.5, 0.6) is 0 Å². The predicted octanol–water partition coefficient (Wildman–Crippen LogP) is -1.52. The molecule has 0 aromatic heterocycles. The van der Waals surface area contributed by atoms with Gasteiger partial charge < -0.3 is 14.9 Å². The van der Waals surface area contributed by atoms with Gasteiger partial charge in [0, 0.05) is 12.6 Å². The number of ether oxygens (including phenoxy) is 1. The van der Waals surface area contributed by atoms with E-state index in [1.165, 1.54) is 0 Å². The van der Waals surface area contributed by atoms with Crippen LogP contribution in [0.1, 0.15) is 6.92 Å². The Bertz CT molecular complexity index is 354. The Morgan fingerprint density at radius 3 is 2.69 bits per heavy atom. The molecule has 2 N–H and O–H groups in total. The zero-order valence-electron chi connectivity index (χ0n) is 8.87. The molecule has 0 aromatic rings. The molecule has 1 saturated heterocycles. The van der Waals surface area contributed by atoms with Crippen molar-refractivity contribution in [2.75, 3.05) is 25.5 Å². The average molecular weight is 253 g/mol. The average Bonchev–Trinajstić information content (AvgIpc) is 2.16. The van der Waals surface area contributed by atoms with Crippen molar-refractivity contribution in [3.63, 3.8) is 0 Å². The summed E-state index contributed by atoms with van der Waals surface area (Å²) in [6.07, 6.45) is -0.584. The molecule has 1 aliphatic heterocycles. The van der Waals surface area contributed by atoms with E-state index in [2.05, 4.69) is 0 Å². The van der Waals surface area contributed by atoms with Gasteiger partial charge in [-0.15, -0.1) is 0 Å². The third kappa shape index (κ3) is 3.14. The third-order valence-electron chi connectivity index (χ3n) is 2.32. The van der Waals surface area contributed by atoms with Gasteiger partial charge in [-0.3, -0.25) is 4.79 Å². The standard InChI is InChI=1S/C8H15NO6S/c1-6-4-15-7(3-10)2-9(6)16(13,14)5-8(11)12/h6-7,10H,2-5H2,1H3,(H,11,12). The lowest BCUT2D eigenvalue weighted by Crippen LogP contribution is -2.53. The quantitative estimate of drug-likeness (QED) is 0.630. The summed E-state index contributed by atoms with van der Waals surface area (Å²) in [5.41, 5.74) is 0. The summed E-state index contributed by atoms with van der Waals surface area (Å²) in [5, 5.41) is 17.4. The van der Waals surface area contributed by atoms with Crippen molar-refractivity contribution in [3.8, 4) is 0 Å². The molecule has 1 heterocycles. The Hall–Kier alpha value is -0.700. The normalized spacial score (nSPS) is 27.9. The second kappa shape index (κ2) is 5.09. The van der Waals surface area contributed by atoms with Crippen molar-refractivity contribution in [1.82, 2.24) is 4.31 Å². The molecule has 0 aromatic carbocycles. The Morgan fingerprint density at radius 1 is 1.56 bits per heavy atom. The number of hydrogen-bond acceptors (Lipinski definition) is 5. The summed E-state index contributed by atoms with van der Waals surface area (Å²) in [6, 6.07) is -0.410. The second-order valence-corrected chi connectivity index (χ2v) is 5.63. The molecule has 7 nitrogen and oxygen atoms in total. The first kappa shape index (κ1) is 13.4. The second-order valence-electron chi connectivity index (χ2n) is 3.71. The topological polar surface area (TPSA) is 104 Å². The Labute approximate surface area is 93.7 Å². The number of nitrogens with zero attached hydrogens (tertiary/aromatic N) is 1. The molecule has 0 aliphatic carbocycles. The van der Waals surface area contributed by atoms with Gasteiger partial charge in [-0.2, -0.15) is 4.31 Å². The molecule has 2 atom stereocenters. The van der Waals surface area contributed by atoms with Gasteiger partial charge in [0.05, 0.1) is 19.3 Å². The molecule has 8 heteroatoms. The Kier molecular flexibility index (Phi) is 4.25. The molecule has 0 spiro atoms. The molecule has 1 fully saturated rings. The van der Waals surface area contributed by atoms with Crippen molar-refractivity contribution in [2.45, 2.75) is 19.1 Å². The molecule has 0 amide bonds. The number of aliphatic hydroxyl groups is 1. The lowest BCUT2D eigenvalue weighted by molar-refractivity contribution is -0.134. The summed E-state index contributed by atoms with van der Waals surface area (Å²) < 4.78 is 29.6. The highest BCUT2D eigenvalue weighted by Gasteiger charge is 2.35. The maximum Gasteiger partial charge on any atom is 0.320 e. The first-order valence-electron chi connectivity index (χ1n) is 4.80. The van der Waals surface area contributed by atoms with E-state index in [0.29, 0.717) is 0 Å². The highest BCUT2D eigenvalue weighted by molar-refractivity contribution is 7.89. The Morgan fingerprint density at radius 2 is 2.19 bits per heavy atom. The van der Waals surface area contributed by atoms with Crippen LogP contribution in [0.3, 0.4) is 0 Å². The fourth-order valence-electron chi connectivity index (χ4n) is 1.53. The minimum Gasteiger partial charge on any atom is -0.480 e. The maximum absolute atomic E-state index is 11.7. The zero-order chi connectivity index (χ0) is 12.3. The molecular formula is C8H15NO6S. The number of aliphatic carboxylic acids is 1. The van der Waals surface area contributed by atoms with Crippen molar-refractivity contribution in [1.29, 1.82) is 0 Å². The number of rotatable bonds is 4. The summed E-state index contributed by atoms with van der Waals surface area (Å²) in [7, 11) is -3.83. The number of carboxylic acids is 1. The third-order valence-corrected chi connectivity index (χ3v) is 4.15. The lowest BCUT2D eigenvalue weighted by atomic mass is 10.2. The fraction of sp³-hybridized carbons (Fsp3) is 0.875. The van der Waals surface area contributed by atoms with Gasteiger partial charge >= 0.3 is 5.97 Å². The van der Waals surface area contributed by atoms with E-state index >= 15 is 0 Å². The predicted molar refractivity (Wildman–Crippen MR) is 54.4 cm³/mol. The van der Waals surface area contributed by atoms with Crippen LogP contribution in [0.25, 0.3) is 0 Å². The smallest absolute Gasteiger partial charge is 0.320 e. The van der Waals surface area contributed by atoms with Gasteiger partial charge in [0.1, 0.15) is 0 Å². The number of carboxylic acid groups (broad SMARTS) is 1. The van der Waals surface area contributed by atoms with E-state index in [-0.39, 0.29) is 19.8 Å². The van der Waals surface area contributed by atoms with E-state index in [0.717, 1.165) is 4.31 Å².